The summed E-state index contributed by atoms with van der Waals surface area (Å²) >= 11 is 0. The van der Waals surface area contributed by atoms with Crippen LogP contribution in [0.4, 0.5) is 4.39 Å². The number of nitrogens with zero attached hydrogens (tertiary/aromatic N) is 4. The molecule has 0 spiro atoms. The molecule has 1 heterocycles. The molecule has 1 aromatic heterocycles. The molecule has 2 aromatic rings. The zero-order valence-electron chi connectivity index (χ0n) is 12.9. The standard InChI is InChI=1S/C16H19FN4O/c1-20(2)15(12-5-4-6-13(17)9-12)16(22)21(3)11-14-10-18-7-8-19-14/h4-10,15H,11H2,1-3H3. The van der Waals surface area contributed by atoms with Crippen molar-refractivity contribution < 1.29 is 9.18 Å². The smallest absolute Gasteiger partial charge is 0.244 e. The summed E-state index contributed by atoms with van der Waals surface area (Å²) in [6.45, 7) is 0.354. The van der Waals surface area contributed by atoms with Crippen molar-refractivity contribution in [3.8, 4) is 0 Å². The van der Waals surface area contributed by atoms with Crippen LogP contribution < -0.4 is 0 Å². The van der Waals surface area contributed by atoms with Gasteiger partial charge in [-0.15, -0.1) is 0 Å². The molecule has 1 aromatic carbocycles. The number of hydrogen-bond donors (Lipinski definition) is 0. The largest absolute Gasteiger partial charge is 0.338 e. The van der Waals surface area contributed by atoms with Crippen molar-refractivity contribution in [3.05, 3.63) is 59.9 Å². The highest BCUT2D eigenvalue weighted by Gasteiger charge is 2.26. The van der Waals surface area contributed by atoms with Crippen LogP contribution in [0.15, 0.2) is 42.9 Å². The third kappa shape index (κ3) is 3.85. The van der Waals surface area contributed by atoms with Crippen LogP contribution in [-0.4, -0.2) is 46.8 Å². The topological polar surface area (TPSA) is 49.3 Å². The highest BCUT2D eigenvalue weighted by Crippen LogP contribution is 2.21. The van der Waals surface area contributed by atoms with Crippen molar-refractivity contribution in [2.75, 3.05) is 21.1 Å². The van der Waals surface area contributed by atoms with E-state index in [4.69, 9.17) is 0 Å². The Balaban J connectivity index is 2.19. The average Bonchev–Trinajstić information content (AvgIpc) is 2.48. The summed E-state index contributed by atoms with van der Waals surface area (Å²) in [5, 5.41) is 0. The monoisotopic (exact) mass is 302 g/mol. The molecule has 116 valence electrons. The molecule has 6 heteroatoms. The molecule has 0 aliphatic heterocycles. The predicted octanol–water partition coefficient (Wildman–Crippen LogP) is 1.88. The quantitative estimate of drug-likeness (QED) is 0.846. The Hall–Kier alpha value is -2.34. The second kappa shape index (κ2) is 7.09. The van der Waals surface area contributed by atoms with E-state index in [-0.39, 0.29) is 11.7 Å². The Labute approximate surface area is 129 Å². The van der Waals surface area contributed by atoms with Crippen LogP contribution in [0.3, 0.4) is 0 Å². The van der Waals surface area contributed by atoms with Gasteiger partial charge in [-0.05, 0) is 31.8 Å². The first-order chi connectivity index (χ1) is 10.5. The van der Waals surface area contributed by atoms with Crippen LogP contribution in [0.25, 0.3) is 0 Å². The highest BCUT2D eigenvalue weighted by molar-refractivity contribution is 5.83. The molecule has 2 rings (SSSR count). The van der Waals surface area contributed by atoms with Crippen molar-refractivity contribution in [1.29, 1.82) is 0 Å². The Morgan fingerprint density at radius 2 is 2.05 bits per heavy atom. The molecule has 0 fully saturated rings. The van der Waals surface area contributed by atoms with Gasteiger partial charge in [-0.3, -0.25) is 19.7 Å². The van der Waals surface area contributed by atoms with Crippen LogP contribution in [0.1, 0.15) is 17.3 Å². The Morgan fingerprint density at radius 1 is 1.27 bits per heavy atom. The fraction of sp³-hybridized carbons (Fsp3) is 0.312. The van der Waals surface area contributed by atoms with Gasteiger partial charge >= 0.3 is 0 Å². The van der Waals surface area contributed by atoms with Gasteiger partial charge in [-0.1, -0.05) is 12.1 Å². The van der Waals surface area contributed by atoms with E-state index in [1.165, 1.54) is 12.1 Å². The van der Waals surface area contributed by atoms with Gasteiger partial charge < -0.3 is 4.90 Å². The molecule has 0 radical (unpaired) electrons. The predicted molar refractivity (Wildman–Crippen MR) is 81.3 cm³/mol. The number of hydrogen-bond acceptors (Lipinski definition) is 4. The highest BCUT2D eigenvalue weighted by atomic mass is 19.1. The van der Waals surface area contributed by atoms with E-state index in [1.54, 1.807) is 61.7 Å². The summed E-state index contributed by atoms with van der Waals surface area (Å²) in [5.74, 6) is -0.477. The third-order valence-electron chi connectivity index (χ3n) is 3.31. The number of amides is 1. The molecular formula is C16H19FN4O. The zero-order chi connectivity index (χ0) is 16.1. The van der Waals surface area contributed by atoms with Gasteiger partial charge in [0.2, 0.25) is 5.91 Å². The second-order valence-electron chi connectivity index (χ2n) is 5.31. The van der Waals surface area contributed by atoms with Gasteiger partial charge in [0.05, 0.1) is 18.4 Å². The molecule has 0 aliphatic rings. The summed E-state index contributed by atoms with van der Waals surface area (Å²) in [5.41, 5.74) is 1.33. The van der Waals surface area contributed by atoms with Crippen molar-refractivity contribution in [2.24, 2.45) is 0 Å². The van der Waals surface area contributed by atoms with E-state index in [0.29, 0.717) is 17.8 Å². The normalized spacial score (nSPS) is 12.2. The van der Waals surface area contributed by atoms with E-state index in [2.05, 4.69) is 9.97 Å². The van der Waals surface area contributed by atoms with E-state index in [0.717, 1.165) is 0 Å². The lowest BCUT2D eigenvalue weighted by Crippen LogP contribution is -2.38. The van der Waals surface area contributed by atoms with Crippen molar-refractivity contribution >= 4 is 5.91 Å². The molecule has 22 heavy (non-hydrogen) atoms. The number of aromatic nitrogens is 2. The van der Waals surface area contributed by atoms with Crippen LogP contribution in [0.2, 0.25) is 0 Å². The van der Waals surface area contributed by atoms with Gasteiger partial charge in [0.25, 0.3) is 0 Å². The van der Waals surface area contributed by atoms with Crippen LogP contribution >= 0.6 is 0 Å². The Bertz CT molecular complexity index is 633. The fourth-order valence-corrected chi connectivity index (χ4v) is 2.28. The van der Waals surface area contributed by atoms with Gasteiger partial charge in [-0.25, -0.2) is 4.39 Å². The zero-order valence-corrected chi connectivity index (χ0v) is 12.9. The van der Waals surface area contributed by atoms with Gasteiger partial charge in [-0.2, -0.15) is 0 Å². The molecule has 1 amide bonds. The van der Waals surface area contributed by atoms with Gasteiger partial charge in [0.1, 0.15) is 11.9 Å². The first-order valence-electron chi connectivity index (χ1n) is 6.91. The first-order valence-corrected chi connectivity index (χ1v) is 6.91. The fourth-order valence-electron chi connectivity index (χ4n) is 2.28. The van der Waals surface area contributed by atoms with E-state index < -0.39 is 6.04 Å². The van der Waals surface area contributed by atoms with Gasteiger partial charge in [0, 0.05) is 19.4 Å². The maximum absolute atomic E-state index is 13.4. The van der Waals surface area contributed by atoms with E-state index >= 15 is 0 Å². The molecule has 0 bridgehead atoms. The Kier molecular flexibility index (Phi) is 5.16. The van der Waals surface area contributed by atoms with Crippen LogP contribution in [0.5, 0.6) is 0 Å². The maximum Gasteiger partial charge on any atom is 0.244 e. The Morgan fingerprint density at radius 3 is 2.64 bits per heavy atom. The van der Waals surface area contributed by atoms with Gasteiger partial charge in [0.15, 0.2) is 0 Å². The van der Waals surface area contributed by atoms with Crippen LogP contribution in [0, 0.1) is 5.82 Å². The molecule has 5 nitrogen and oxygen atoms in total. The molecule has 1 atom stereocenters. The number of rotatable bonds is 5. The first kappa shape index (κ1) is 16.0. The van der Waals surface area contributed by atoms with E-state index in [9.17, 15) is 9.18 Å². The molecule has 0 aliphatic carbocycles. The lowest BCUT2D eigenvalue weighted by molar-refractivity contribution is -0.135. The van der Waals surface area contributed by atoms with Crippen LogP contribution in [-0.2, 0) is 11.3 Å². The number of carbonyl (C=O) groups is 1. The number of likely N-dealkylation sites (N-methyl/N-ethyl adjacent to an activating group) is 2. The molecule has 0 saturated carbocycles. The van der Waals surface area contributed by atoms with E-state index in [1.807, 2.05) is 0 Å². The summed E-state index contributed by atoms with van der Waals surface area (Å²) in [6, 6.07) is 5.57. The molecule has 0 saturated heterocycles. The SMILES string of the molecule is CN(Cc1cnccn1)C(=O)C(c1cccc(F)c1)N(C)C. The summed E-state index contributed by atoms with van der Waals surface area (Å²) in [6.07, 6.45) is 4.79. The average molecular weight is 302 g/mol. The lowest BCUT2D eigenvalue weighted by Gasteiger charge is -2.28. The number of halogens is 1. The number of carbonyl (C=O) groups excluding carboxylic acids is 1. The third-order valence-corrected chi connectivity index (χ3v) is 3.31. The number of benzene rings is 1. The summed E-state index contributed by atoms with van der Waals surface area (Å²) in [7, 11) is 5.29. The summed E-state index contributed by atoms with van der Waals surface area (Å²) < 4.78 is 13.4. The lowest BCUT2D eigenvalue weighted by atomic mass is 10.0. The minimum Gasteiger partial charge on any atom is -0.338 e. The van der Waals surface area contributed by atoms with Crippen molar-refractivity contribution in [1.82, 2.24) is 19.8 Å². The van der Waals surface area contributed by atoms with Crippen molar-refractivity contribution in [2.45, 2.75) is 12.6 Å². The molecular weight excluding hydrogens is 283 g/mol. The molecule has 1 unspecified atom stereocenters. The summed E-state index contributed by atoms with van der Waals surface area (Å²) in [4.78, 5) is 24.2. The maximum atomic E-state index is 13.4. The molecule has 0 N–H and O–H groups in total. The second-order valence-corrected chi connectivity index (χ2v) is 5.31. The minimum absolute atomic E-state index is 0.124. The van der Waals surface area contributed by atoms with Crippen molar-refractivity contribution in [3.63, 3.8) is 0 Å². The minimum atomic E-state index is -0.544.